The summed E-state index contributed by atoms with van der Waals surface area (Å²) >= 11 is 0. The average Bonchev–Trinajstić information content (AvgIpc) is 3.12. The quantitative estimate of drug-likeness (QED) is 0.626. The monoisotopic (exact) mass is 331 g/mol. The molecule has 1 amide bonds. The number of esters is 1. The summed E-state index contributed by atoms with van der Waals surface area (Å²) in [5.74, 6) is -1.41. The highest BCUT2D eigenvalue weighted by atomic mass is 19.4. The first-order valence-corrected chi connectivity index (χ1v) is 7.02. The molecule has 1 aromatic rings. The number of carbonyl (C=O) groups excluding carboxylic acids is 2. The molecule has 23 heavy (non-hydrogen) atoms. The Morgan fingerprint density at radius 1 is 1.52 bits per heavy atom. The van der Waals surface area contributed by atoms with Crippen molar-refractivity contribution in [2.75, 3.05) is 19.7 Å². The van der Waals surface area contributed by atoms with Crippen LogP contribution >= 0.6 is 0 Å². The molecule has 0 aromatic carbocycles. The van der Waals surface area contributed by atoms with E-state index in [1.165, 1.54) is 11.8 Å². The number of ether oxygens (including phenoxy) is 1. The molecule has 1 aliphatic heterocycles. The van der Waals surface area contributed by atoms with E-state index in [-0.39, 0.29) is 19.1 Å². The van der Waals surface area contributed by atoms with Gasteiger partial charge in [-0.1, -0.05) is 6.58 Å². The van der Waals surface area contributed by atoms with Gasteiger partial charge in [-0.05, 0) is 19.4 Å². The Kier molecular flexibility index (Phi) is 4.76. The van der Waals surface area contributed by atoms with Crippen molar-refractivity contribution in [3.8, 4) is 0 Å². The molecule has 126 valence electrons. The van der Waals surface area contributed by atoms with Crippen molar-refractivity contribution in [2.45, 2.75) is 25.6 Å². The van der Waals surface area contributed by atoms with Crippen LogP contribution in [0, 0.1) is 0 Å². The predicted octanol–water partition coefficient (Wildman–Crippen LogP) is 2.04. The molecule has 2 rings (SSSR count). The van der Waals surface area contributed by atoms with Gasteiger partial charge in [-0.3, -0.25) is 9.48 Å². The lowest BCUT2D eigenvalue weighted by Gasteiger charge is -2.18. The molecule has 6 nitrogen and oxygen atoms in total. The Hall–Kier alpha value is -2.32. The number of hydrogen-bond donors (Lipinski definition) is 0. The molecule has 1 saturated heterocycles. The van der Waals surface area contributed by atoms with E-state index in [0.717, 1.165) is 17.0 Å². The van der Waals surface area contributed by atoms with Gasteiger partial charge in [-0.25, -0.2) is 4.79 Å². The molecule has 0 bridgehead atoms. The largest absolute Gasteiger partial charge is 0.462 e. The van der Waals surface area contributed by atoms with Crippen LogP contribution in [0.4, 0.5) is 13.2 Å². The first-order chi connectivity index (χ1) is 10.8. The molecule has 1 aromatic heterocycles. The molecule has 0 radical (unpaired) electrons. The van der Waals surface area contributed by atoms with Crippen molar-refractivity contribution < 1.29 is 27.5 Å². The summed E-state index contributed by atoms with van der Waals surface area (Å²) in [5.41, 5.74) is -1.76. The van der Waals surface area contributed by atoms with Crippen LogP contribution in [0.5, 0.6) is 0 Å². The van der Waals surface area contributed by atoms with Gasteiger partial charge in [-0.2, -0.15) is 18.3 Å². The fraction of sp³-hybridized carbons (Fsp3) is 0.500. The molecule has 1 fully saturated rings. The Morgan fingerprint density at radius 2 is 2.22 bits per heavy atom. The normalized spacial score (nSPS) is 18.1. The highest BCUT2D eigenvalue weighted by molar-refractivity contribution is 5.90. The Labute approximate surface area is 130 Å². The first-order valence-electron chi connectivity index (χ1n) is 7.02. The number of rotatable bonds is 4. The minimum Gasteiger partial charge on any atom is -0.462 e. The highest BCUT2D eigenvalue weighted by Gasteiger charge is 2.43. The van der Waals surface area contributed by atoms with Gasteiger partial charge in [0.1, 0.15) is 5.56 Å². The Balaban J connectivity index is 2.35. The van der Waals surface area contributed by atoms with E-state index in [4.69, 9.17) is 0 Å². The third kappa shape index (κ3) is 3.38. The number of halogens is 3. The van der Waals surface area contributed by atoms with E-state index < -0.39 is 29.4 Å². The number of carbonyl (C=O) groups is 2. The zero-order chi connectivity index (χ0) is 17.2. The third-order valence-corrected chi connectivity index (χ3v) is 3.55. The molecule has 0 spiro atoms. The lowest BCUT2D eigenvalue weighted by molar-refractivity contribution is -0.145. The summed E-state index contributed by atoms with van der Waals surface area (Å²) in [6.45, 7) is 5.21. The van der Waals surface area contributed by atoms with E-state index >= 15 is 0 Å². The molecule has 0 saturated carbocycles. The molecular formula is C14H16F3N3O3. The standard InChI is InChI=1S/C14H16F3N3O3/c1-3-11(21)19-6-5-9(8-19)20-12(14(15,16)17)10(7-18-20)13(22)23-4-2/h3,7,9H,1,4-6,8H2,2H3. The van der Waals surface area contributed by atoms with Gasteiger partial charge in [0, 0.05) is 13.1 Å². The second-order valence-corrected chi connectivity index (χ2v) is 5.00. The van der Waals surface area contributed by atoms with Crippen LogP contribution in [0.15, 0.2) is 18.9 Å². The maximum atomic E-state index is 13.4. The smallest absolute Gasteiger partial charge is 0.433 e. The maximum absolute atomic E-state index is 13.4. The molecule has 9 heteroatoms. The van der Waals surface area contributed by atoms with Gasteiger partial charge in [0.25, 0.3) is 0 Å². The SMILES string of the molecule is C=CC(=O)N1CCC(n2ncc(C(=O)OCC)c2C(F)(F)F)C1. The van der Waals surface area contributed by atoms with E-state index in [1.54, 1.807) is 0 Å². The predicted molar refractivity (Wildman–Crippen MR) is 73.6 cm³/mol. The number of likely N-dealkylation sites (tertiary alicyclic amines) is 1. The average molecular weight is 331 g/mol. The van der Waals surface area contributed by atoms with Crippen molar-refractivity contribution in [1.82, 2.24) is 14.7 Å². The van der Waals surface area contributed by atoms with Crippen LogP contribution in [0.25, 0.3) is 0 Å². The number of aromatic nitrogens is 2. The van der Waals surface area contributed by atoms with Crippen LogP contribution in [-0.2, 0) is 15.7 Å². The second-order valence-electron chi connectivity index (χ2n) is 5.00. The molecule has 1 aliphatic rings. The van der Waals surface area contributed by atoms with Crippen molar-refractivity contribution in [2.24, 2.45) is 0 Å². The van der Waals surface area contributed by atoms with Gasteiger partial charge in [0.05, 0.1) is 18.8 Å². The summed E-state index contributed by atoms with van der Waals surface area (Å²) in [7, 11) is 0. The summed E-state index contributed by atoms with van der Waals surface area (Å²) < 4.78 is 45.5. The van der Waals surface area contributed by atoms with Gasteiger partial charge >= 0.3 is 12.1 Å². The van der Waals surface area contributed by atoms with Crippen molar-refractivity contribution >= 4 is 11.9 Å². The third-order valence-electron chi connectivity index (χ3n) is 3.55. The van der Waals surface area contributed by atoms with E-state index in [0.29, 0.717) is 13.0 Å². The fourth-order valence-corrected chi connectivity index (χ4v) is 2.55. The van der Waals surface area contributed by atoms with Gasteiger partial charge in [-0.15, -0.1) is 0 Å². The van der Waals surface area contributed by atoms with Gasteiger partial charge in [0.15, 0.2) is 5.69 Å². The van der Waals surface area contributed by atoms with Crippen LogP contribution in [0.3, 0.4) is 0 Å². The number of amides is 1. The van der Waals surface area contributed by atoms with Gasteiger partial charge in [0.2, 0.25) is 5.91 Å². The molecule has 0 aliphatic carbocycles. The van der Waals surface area contributed by atoms with E-state index in [1.807, 2.05) is 0 Å². The zero-order valence-electron chi connectivity index (χ0n) is 12.5. The van der Waals surface area contributed by atoms with E-state index in [2.05, 4.69) is 16.4 Å². The zero-order valence-corrected chi connectivity index (χ0v) is 12.5. The van der Waals surface area contributed by atoms with Crippen molar-refractivity contribution in [1.29, 1.82) is 0 Å². The summed E-state index contributed by atoms with van der Waals surface area (Å²) in [6.07, 6.45) is -2.47. The highest BCUT2D eigenvalue weighted by Crippen LogP contribution is 2.35. The van der Waals surface area contributed by atoms with Crippen LogP contribution in [-0.4, -0.2) is 46.3 Å². The number of nitrogens with zero attached hydrogens (tertiary/aromatic N) is 3. The van der Waals surface area contributed by atoms with E-state index in [9.17, 15) is 22.8 Å². The lowest BCUT2D eigenvalue weighted by Crippen LogP contribution is -2.28. The molecule has 2 heterocycles. The molecule has 1 unspecified atom stereocenters. The topological polar surface area (TPSA) is 64.4 Å². The van der Waals surface area contributed by atoms with Crippen LogP contribution < -0.4 is 0 Å². The van der Waals surface area contributed by atoms with Crippen molar-refractivity contribution in [3.05, 3.63) is 30.1 Å². The van der Waals surface area contributed by atoms with Crippen molar-refractivity contribution in [3.63, 3.8) is 0 Å². The first kappa shape index (κ1) is 17.0. The molecule has 0 N–H and O–H groups in total. The molecular weight excluding hydrogens is 315 g/mol. The van der Waals surface area contributed by atoms with Gasteiger partial charge < -0.3 is 9.64 Å². The summed E-state index contributed by atoms with van der Waals surface area (Å²) in [4.78, 5) is 24.7. The Morgan fingerprint density at radius 3 is 2.78 bits per heavy atom. The number of alkyl halides is 3. The second kappa shape index (κ2) is 6.43. The van der Waals surface area contributed by atoms with Crippen LogP contribution in [0.1, 0.15) is 35.4 Å². The fourth-order valence-electron chi connectivity index (χ4n) is 2.55. The summed E-state index contributed by atoms with van der Waals surface area (Å²) in [6, 6.07) is -0.654. The number of hydrogen-bond acceptors (Lipinski definition) is 4. The Bertz CT molecular complexity index is 625. The molecule has 1 atom stereocenters. The lowest BCUT2D eigenvalue weighted by atomic mass is 10.2. The summed E-state index contributed by atoms with van der Waals surface area (Å²) in [5, 5.41) is 3.72. The minimum absolute atomic E-state index is 0.0354. The minimum atomic E-state index is -4.76. The maximum Gasteiger partial charge on any atom is 0.433 e. The van der Waals surface area contributed by atoms with Crippen LogP contribution in [0.2, 0.25) is 0 Å².